The van der Waals surface area contributed by atoms with E-state index in [1.807, 2.05) is 24.3 Å². The Kier molecular flexibility index (Phi) is 3.89. The third-order valence-electron chi connectivity index (χ3n) is 2.28. The number of hydrogen-bond acceptors (Lipinski definition) is 6. The summed E-state index contributed by atoms with van der Waals surface area (Å²) >= 11 is 1.16. The molecule has 0 amide bonds. The highest BCUT2D eigenvalue weighted by Crippen LogP contribution is 2.17. The van der Waals surface area contributed by atoms with Gasteiger partial charge in [0.25, 0.3) is 0 Å². The second kappa shape index (κ2) is 5.60. The van der Waals surface area contributed by atoms with E-state index in [0.717, 1.165) is 22.8 Å². The van der Waals surface area contributed by atoms with Crippen LogP contribution in [0.15, 0.2) is 24.3 Å². The molecule has 90 valence electrons. The molecular formula is C11H13N3O2S. The number of aliphatic hydroxyl groups is 1. The van der Waals surface area contributed by atoms with Gasteiger partial charge in [0, 0.05) is 18.1 Å². The lowest BCUT2D eigenvalue weighted by molar-refractivity contribution is 0.297. The van der Waals surface area contributed by atoms with Crippen molar-refractivity contribution in [3.05, 3.63) is 35.5 Å². The number of rotatable bonds is 5. The quantitative estimate of drug-likeness (QED) is 0.835. The van der Waals surface area contributed by atoms with Gasteiger partial charge >= 0.3 is 0 Å². The van der Waals surface area contributed by atoms with Gasteiger partial charge in [-0.05, 0) is 24.1 Å². The average Bonchev–Trinajstić information content (AvgIpc) is 2.75. The SMILES string of the molecule is Nc1snnc1COc1ccc(CCO)cc1. The van der Waals surface area contributed by atoms with Crippen molar-refractivity contribution in [2.45, 2.75) is 13.0 Å². The fraction of sp³-hybridized carbons (Fsp3) is 0.273. The molecule has 6 heteroatoms. The maximum Gasteiger partial charge on any atom is 0.136 e. The van der Waals surface area contributed by atoms with E-state index in [-0.39, 0.29) is 6.61 Å². The largest absolute Gasteiger partial charge is 0.487 e. The molecule has 5 nitrogen and oxygen atoms in total. The standard InChI is InChI=1S/C11H13N3O2S/c12-11-10(13-14-17-11)7-16-9-3-1-8(2-4-9)5-6-15/h1-4,15H,5-7,12H2. The Bertz CT molecular complexity index is 470. The Hall–Kier alpha value is -1.66. The van der Waals surface area contributed by atoms with Crippen LogP contribution in [0.3, 0.4) is 0 Å². The molecule has 0 aliphatic carbocycles. The number of nitrogens with zero attached hydrogens (tertiary/aromatic N) is 2. The van der Waals surface area contributed by atoms with Crippen LogP contribution in [0.1, 0.15) is 11.3 Å². The van der Waals surface area contributed by atoms with Crippen LogP contribution < -0.4 is 10.5 Å². The molecule has 0 atom stereocenters. The maximum atomic E-state index is 8.79. The Labute approximate surface area is 103 Å². The fourth-order valence-electron chi connectivity index (χ4n) is 1.35. The summed E-state index contributed by atoms with van der Waals surface area (Å²) in [6.45, 7) is 0.475. The van der Waals surface area contributed by atoms with Gasteiger partial charge in [0.05, 0.1) is 0 Å². The Morgan fingerprint density at radius 3 is 2.65 bits per heavy atom. The monoisotopic (exact) mass is 251 g/mol. The van der Waals surface area contributed by atoms with Crippen molar-refractivity contribution in [2.24, 2.45) is 0 Å². The van der Waals surface area contributed by atoms with E-state index < -0.39 is 0 Å². The number of anilines is 1. The summed E-state index contributed by atoms with van der Waals surface area (Å²) in [6.07, 6.45) is 0.656. The second-order valence-corrected chi connectivity index (χ2v) is 4.28. The van der Waals surface area contributed by atoms with Gasteiger partial charge in [-0.2, -0.15) is 0 Å². The van der Waals surface area contributed by atoms with Crippen LogP contribution in [0.2, 0.25) is 0 Å². The number of ether oxygens (including phenoxy) is 1. The summed E-state index contributed by atoms with van der Waals surface area (Å²) in [7, 11) is 0. The molecular weight excluding hydrogens is 238 g/mol. The summed E-state index contributed by atoms with van der Waals surface area (Å²) in [5.74, 6) is 0.749. The zero-order valence-corrected chi connectivity index (χ0v) is 9.98. The van der Waals surface area contributed by atoms with Crippen molar-refractivity contribution in [1.29, 1.82) is 0 Å². The fourth-order valence-corrected chi connectivity index (χ4v) is 1.78. The van der Waals surface area contributed by atoms with E-state index in [4.69, 9.17) is 15.6 Å². The summed E-state index contributed by atoms with van der Waals surface area (Å²) in [5.41, 5.74) is 7.39. The minimum absolute atomic E-state index is 0.154. The molecule has 0 unspecified atom stereocenters. The lowest BCUT2D eigenvalue weighted by Gasteiger charge is -2.05. The van der Waals surface area contributed by atoms with Crippen LogP contribution in [-0.4, -0.2) is 21.3 Å². The van der Waals surface area contributed by atoms with Gasteiger partial charge in [0.2, 0.25) is 0 Å². The zero-order valence-electron chi connectivity index (χ0n) is 9.17. The van der Waals surface area contributed by atoms with Gasteiger partial charge < -0.3 is 15.6 Å². The minimum Gasteiger partial charge on any atom is -0.487 e. The van der Waals surface area contributed by atoms with Gasteiger partial charge in [0.15, 0.2) is 0 Å². The van der Waals surface area contributed by atoms with Crippen molar-refractivity contribution in [3.63, 3.8) is 0 Å². The lowest BCUT2D eigenvalue weighted by Crippen LogP contribution is -1.99. The number of hydrogen-bond donors (Lipinski definition) is 2. The van der Waals surface area contributed by atoms with Crippen molar-refractivity contribution < 1.29 is 9.84 Å². The zero-order chi connectivity index (χ0) is 12.1. The molecule has 0 fully saturated rings. The Balaban J connectivity index is 1.93. The first-order valence-electron chi connectivity index (χ1n) is 5.19. The van der Waals surface area contributed by atoms with Crippen LogP contribution in [0.25, 0.3) is 0 Å². The summed E-state index contributed by atoms with van der Waals surface area (Å²) in [4.78, 5) is 0. The van der Waals surface area contributed by atoms with E-state index in [1.54, 1.807) is 0 Å². The Morgan fingerprint density at radius 1 is 1.29 bits per heavy atom. The molecule has 2 aromatic rings. The normalized spacial score (nSPS) is 10.4. The molecule has 3 N–H and O–H groups in total. The highest BCUT2D eigenvalue weighted by molar-refractivity contribution is 7.09. The molecule has 17 heavy (non-hydrogen) atoms. The van der Waals surface area contributed by atoms with Crippen LogP contribution in [-0.2, 0) is 13.0 Å². The van der Waals surface area contributed by atoms with Crippen LogP contribution in [0.5, 0.6) is 5.75 Å². The molecule has 0 saturated carbocycles. The molecule has 0 radical (unpaired) electrons. The molecule has 1 aromatic carbocycles. The van der Waals surface area contributed by atoms with Crippen LogP contribution in [0, 0.1) is 0 Å². The van der Waals surface area contributed by atoms with Gasteiger partial charge in [-0.1, -0.05) is 16.6 Å². The summed E-state index contributed by atoms with van der Waals surface area (Å²) < 4.78 is 9.26. The number of aromatic nitrogens is 2. The molecule has 2 rings (SSSR count). The third-order valence-corrected chi connectivity index (χ3v) is 2.88. The molecule has 0 aliphatic rings. The van der Waals surface area contributed by atoms with E-state index >= 15 is 0 Å². The van der Waals surface area contributed by atoms with E-state index in [2.05, 4.69) is 9.59 Å². The van der Waals surface area contributed by atoms with Gasteiger partial charge in [-0.25, -0.2) is 0 Å². The number of nitrogens with two attached hydrogens (primary N) is 1. The second-order valence-electron chi connectivity index (χ2n) is 3.49. The molecule has 0 spiro atoms. The predicted octanol–water partition coefficient (Wildman–Crippen LogP) is 1.23. The third kappa shape index (κ3) is 3.15. The lowest BCUT2D eigenvalue weighted by atomic mass is 10.1. The first-order chi connectivity index (χ1) is 8.29. The van der Waals surface area contributed by atoms with Crippen molar-refractivity contribution in [2.75, 3.05) is 12.3 Å². The van der Waals surface area contributed by atoms with Gasteiger partial charge in [0.1, 0.15) is 23.1 Å². The molecule has 0 bridgehead atoms. The van der Waals surface area contributed by atoms with Crippen LogP contribution >= 0.6 is 11.5 Å². The predicted molar refractivity (Wildman–Crippen MR) is 65.9 cm³/mol. The first kappa shape index (κ1) is 11.8. The smallest absolute Gasteiger partial charge is 0.136 e. The van der Waals surface area contributed by atoms with Crippen molar-refractivity contribution in [3.8, 4) is 5.75 Å². The van der Waals surface area contributed by atoms with E-state index in [0.29, 0.717) is 23.7 Å². The van der Waals surface area contributed by atoms with Gasteiger partial charge in [-0.15, -0.1) is 5.10 Å². The van der Waals surface area contributed by atoms with Gasteiger partial charge in [-0.3, -0.25) is 0 Å². The number of aliphatic hydroxyl groups excluding tert-OH is 1. The van der Waals surface area contributed by atoms with Crippen molar-refractivity contribution >= 4 is 16.5 Å². The highest BCUT2D eigenvalue weighted by atomic mass is 32.1. The molecule has 0 aliphatic heterocycles. The van der Waals surface area contributed by atoms with Crippen molar-refractivity contribution in [1.82, 2.24) is 9.59 Å². The average molecular weight is 251 g/mol. The maximum absolute atomic E-state index is 8.79. The minimum atomic E-state index is 0.154. The summed E-state index contributed by atoms with van der Waals surface area (Å²) in [6, 6.07) is 7.57. The Morgan fingerprint density at radius 2 is 2.06 bits per heavy atom. The number of nitrogen functional groups attached to an aromatic ring is 1. The van der Waals surface area contributed by atoms with E-state index in [1.165, 1.54) is 0 Å². The first-order valence-corrected chi connectivity index (χ1v) is 5.96. The highest BCUT2D eigenvalue weighted by Gasteiger charge is 2.04. The van der Waals surface area contributed by atoms with Crippen LogP contribution in [0.4, 0.5) is 5.00 Å². The summed E-state index contributed by atoms with van der Waals surface area (Å²) in [5, 5.41) is 13.2. The number of benzene rings is 1. The topological polar surface area (TPSA) is 81.3 Å². The molecule has 1 aromatic heterocycles. The molecule has 1 heterocycles. The molecule has 0 saturated heterocycles. The van der Waals surface area contributed by atoms with E-state index in [9.17, 15) is 0 Å².